The number of carbonyl (C=O) groups excluding carboxylic acids is 2. The fourth-order valence-electron chi connectivity index (χ4n) is 5.54. The zero-order chi connectivity index (χ0) is 23.1. The Balaban J connectivity index is 1.68. The molecule has 2 bridgehead atoms. The highest BCUT2D eigenvalue weighted by Crippen LogP contribution is 2.38. The van der Waals surface area contributed by atoms with E-state index in [2.05, 4.69) is 21.7 Å². The van der Waals surface area contributed by atoms with E-state index in [0.717, 1.165) is 42.0 Å². The molecule has 1 aliphatic carbocycles. The molecule has 1 saturated carbocycles. The van der Waals surface area contributed by atoms with Crippen LogP contribution in [-0.4, -0.2) is 46.0 Å². The lowest BCUT2D eigenvalue weighted by Gasteiger charge is -2.25. The molecule has 1 aliphatic heterocycles. The largest absolute Gasteiger partial charge is 0.497 e. The number of amides is 2. The molecule has 1 saturated heterocycles. The van der Waals surface area contributed by atoms with Crippen molar-refractivity contribution >= 4 is 28.5 Å². The van der Waals surface area contributed by atoms with E-state index < -0.39 is 0 Å². The number of rotatable bonds is 5. The zero-order valence-corrected chi connectivity index (χ0v) is 19.4. The van der Waals surface area contributed by atoms with Crippen molar-refractivity contribution in [3.8, 4) is 17.1 Å². The molecule has 2 fully saturated rings. The van der Waals surface area contributed by atoms with Crippen LogP contribution in [-0.2, 0) is 11.3 Å². The summed E-state index contributed by atoms with van der Waals surface area (Å²) >= 11 is 0. The van der Waals surface area contributed by atoms with E-state index in [1.165, 1.54) is 19.8 Å². The molecule has 7 heteroatoms. The highest BCUT2D eigenvalue weighted by molar-refractivity contribution is 6.08. The first-order valence-corrected chi connectivity index (χ1v) is 11.8. The summed E-state index contributed by atoms with van der Waals surface area (Å²) in [5.41, 5.74) is 3.64. The fraction of sp³-hybridized carbons (Fsp3) is 0.423. The summed E-state index contributed by atoms with van der Waals surface area (Å²) in [6.45, 7) is 5.01. The number of carbonyl (C=O) groups is 2. The lowest BCUT2D eigenvalue weighted by atomic mass is 9.90. The summed E-state index contributed by atoms with van der Waals surface area (Å²) in [6, 6.07) is 11.8. The molecule has 172 valence electrons. The molecule has 1 N–H and O–H groups in total. The summed E-state index contributed by atoms with van der Waals surface area (Å²) in [7, 11) is 1.64. The topological polar surface area (TPSA) is 76.5 Å². The van der Waals surface area contributed by atoms with Gasteiger partial charge < -0.3 is 19.5 Å². The lowest BCUT2D eigenvalue weighted by Crippen LogP contribution is -2.35. The van der Waals surface area contributed by atoms with Crippen molar-refractivity contribution in [2.45, 2.75) is 52.1 Å². The van der Waals surface area contributed by atoms with Gasteiger partial charge in [-0.15, -0.1) is 0 Å². The van der Waals surface area contributed by atoms with Crippen molar-refractivity contribution < 1.29 is 14.3 Å². The van der Waals surface area contributed by atoms with Crippen molar-refractivity contribution in [2.24, 2.45) is 5.92 Å². The van der Waals surface area contributed by atoms with Gasteiger partial charge in [-0.3, -0.25) is 9.59 Å². The van der Waals surface area contributed by atoms with Gasteiger partial charge in [-0.2, -0.15) is 0 Å². The Hall–Kier alpha value is -3.35. The molecule has 2 amide bonds. The smallest absolute Gasteiger partial charge is 0.256 e. The zero-order valence-electron chi connectivity index (χ0n) is 19.4. The highest BCUT2D eigenvalue weighted by Gasteiger charge is 2.39. The van der Waals surface area contributed by atoms with Crippen LogP contribution in [0.4, 0.5) is 5.69 Å². The van der Waals surface area contributed by atoms with Gasteiger partial charge in [-0.25, -0.2) is 4.98 Å². The Bertz CT molecular complexity index is 1230. The number of aryl methyl sites for hydroxylation is 1. The van der Waals surface area contributed by atoms with Crippen molar-refractivity contribution in [3.05, 3.63) is 42.0 Å². The van der Waals surface area contributed by atoms with Gasteiger partial charge in [-0.1, -0.05) is 18.6 Å². The standard InChI is InChI=1S/C26H30N4O3/c1-4-29-24-22(26(32)30-15-17-7-5-9-20(30)11-17)13-19(27-16(2)31)14-23(24)28-25(29)18-8-6-10-21(12-18)33-3/h6,8,10,12-14,17,20H,4-5,7,9,11,15H2,1-3H3,(H,27,31)/t17-,20-/m0/s1. The second-order valence-corrected chi connectivity index (χ2v) is 9.13. The number of nitrogens with zero attached hydrogens (tertiary/aromatic N) is 3. The predicted octanol–water partition coefficient (Wildman–Crippen LogP) is 4.70. The van der Waals surface area contributed by atoms with E-state index in [4.69, 9.17) is 9.72 Å². The van der Waals surface area contributed by atoms with Gasteiger partial charge in [0.05, 0.1) is 23.7 Å². The maximum atomic E-state index is 13.9. The van der Waals surface area contributed by atoms with E-state index in [1.807, 2.05) is 36.4 Å². The molecule has 3 aromatic rings. The quantitative estimate of drug-likeness (QED) is 0.616. The number of likely N-dealkylation sites (tertiary alicyclic amines) is 1. The van der Waals surface area contributed by atoms with E-state index in [9.17, 15) is 9.59 Å². The van der Waals surface area contributed by atoms with E-state index in [-0.39, 0.29) is 11.8 Å². The average molecular weight is 447 g/mol. The van der Waals surface area contributed by atoms with Gasteiger partial charge in [0.15, 0.2) is 0 Å². The SMILES string of the molecule is CCn1c(-c2cccc(OC)c2)nc2cc(NC(C)=O)cc(C(=O)N3C[C@H]4CCC[C@H]3C4)c21. The number of nitrogens with one attached hydrogen (secondary N) is 1. The molecule has 0 spiro atoms. The van der Waals surface area contributed by atoms with E-state index >= 15 is 0 Å². The van der Waals surface area contributed by atoms with Crippen LogP contribution < -0.4 is 10.1 Å². The molecule has 0 radical (unpaired) electrons. The lowest BCUT2D eigenvalue weighted by molar-refractivity contribution is -0.114. The maximum absolute atomic E-state index is 13.9. The Morgan fingerprint density at radius 2 is 2.06 bits per heavy atom. The van der Waals surface area contributed by atoms with Crippen molar-refractivity contribution in [1.29, 1.82) is 0 Å². The van der Waals surface area contributed by atoms with Crippen LogP contribution >= 0.6 is 0 Å². The number of benzene rings is 2. The number of aromatic nitrogens is 2. The molecule has 33 heavy (non-hydrogen) atoms. The molecule has 2 aliphatic rings. The second kappa shape index (κ2) is 8.54. The maximum Gasteiger partial charge on any atom is 0.256 e. The minimum absolute atomic E-state index is 0.0356. The van der Waals surface area contributed by atoms with Gasteiger partial charge >= 0.3 is 0 Å². The van der Waals surface area contributed by atoms with Gasteiger partial charge in [0, 0.05) is 37.3 Å². The number of fused-ring (bicyclic) bond motifs is 3. The molecule has 2 heterocycles. The summed E-state index contributed by atoms with van der Waals surface area (Å²) < 4.78 is 7.51. The van der Waals surface area contributed by atoms with Crippen LogP contribution in [0.2, 0.25) is 0 Å². The third-order valence-corrected chi connectivity index (χ3v) is 6.95. The number of hydrogen-bond acceptors (Lipinski definition) is 4. The van der Waals surface area contributed by atoms with E-state index in [1.54, 1.807) is 7.11 Å². The van der Waals surface area contributed by atoms with Crippen molar-refractivity contribution in [2.75, 3.05) is 19.0 Å². The normalized spacial score (nSPS) is 19.7. The predicted molar refractivity (Wildman–Crippen MR) is 128 cm³/mol. The average Bonchev–Trinajstić information content (AvgIpc) is 3.33. The number of ether oxygens (including phenoxy) is 1. The Morgan fingerprint density at radius 1 is 1.21 bits per heavy atom. The van der Waals surface area contributed by atoms with Crippen molar-refractivity contribution in [1.82, 2.24) is 14.5 Å². The Kier molecular flexibility index (Phi) is 5.56. The Labute approximate surface area is 193 Å². The first-order valence-electron chi connectivity index (χ1n) is 11.8. The molecule has 0 unspecified atom stereocenters. The molecule has 1 aromatic heterocycles. The summed E-state index contributed by atoms with van der Waals surface area (Å²) in [5.74, 6) is 1.99. The van der Waals surface area contributed by atoms with Crippen LogP contribution in [0, 0.1) is 5.92 Å². The number of imidazole rings is 1. The minimum atomic E-state index is -0.173. The molecular formula is C26H30N4O3. The summed E-state index contributed by atoms with van der Waals surface area (Å²) in [6.07, 6.45) is 4.56. The van der Waals surface area contributed by atoms with Crippen LogP contribution in [0.1, 0.15) is 49.9 Å². The Morgan fingerprint density at radius 3 is 2.79 bits per heavy atom. The second-order valence-electron chi connectivity index (χ2n) is 9.13. The third kappa shape index (κ3) is 3.86. The van der Waals surface area contributed by atoms with Crippen LogP contribution in [0.15, 0.2) is 36.4 Å². The molecule has 5 rings (SSSR count). The summed E-state index contributed by atoms with van der Waals surface area (Å²) in [5, 5.41) is 2.85. The fourth-order valence-corrected chi connectivity index (χ4v) is 5.54. The number of anilines is 1. The monoisotopic (exact) mass is 446 g/mol. The van der Waals surface area contributed by atoms with E-state index in [0.29, 0.717) is 35.3 Å². The number of hydrogen-bond donors (Lipinski definition) is 1. The van der Waals surface area contributed by atoms with Gasteiger partial charge in [0.25, 0.3) is 5.91 Å². The van der Waals surface area contributed by atoms with Gasteiger partial charge in [0.1, 0.15) is 11.6 Å². The highest BCUT2D eigenvalue weighted by atomic mass is 16.5. The molecule has 2 aromatic carbocycles. The minimum Gasteiger partial charge on any atom is -0.497 e. The van der Waals surface area contributed by atoms with Gasteiger partial charge in [-0.05, 0) is 56.4 Å². The molecule has 2 atom stereocenters. The first-order chi connectivity index (χ1) is 16.0. The van der Waals surface area contributed by atoms with Crippen LogP contribution in [0.25, 0.3) is 22.4 Å². The molecule has 7 nitrogen and oxygen atoms in total. The number of methoxy groups -OCH3 is 1. The van der Waals surface area contributed by atoms with Crippen LogP contribution in [0.3, 0.4) is 0 Å². The third-order valence-electron chi connectivity index (χ3n) is 6.95. The van der Waals surface area contributed by atoms with Gasteiger partial charge in [0.2, 0.25) is 5.91 Å². The van der Waals surface area contributed by atoms with Crippen LogP contribution in [0.5, 0.6) is 5.75 Å². The van der Waals surface area contributed by atoms with Crippen molar-refractivity contribution in [3.63, 3.8) is 0 Å². The molecular weight excluding hydrogens is 416 g/mol. The first kappa shape index (κ1) is 21.5. The summed E-state index contributed by atoms with van der Waals surface area (Å²) in [4.78, 5) is 32.7.